The first-order valence-electron chi connectivity index (χ1n) is 10.3. The molecule has 2 heterocycles. The fourth-order valence-electron chi connectivity index (χ4n) is 4.01. The summed E-state index contributed by atoms with van der Waals surface area (Å²) in [4.78, 5) is 32.2. The molecule has 0 bridgehead atoms. The summed E-state index contributed by atoms with van der Waals surface area (Å²) in [5.41, 5.74) is 3.30. The Bertz CT molecular complexity index is 1370. The minimum absolute atomic E-state index is 0.0340. The Balaban J connectivity index is 1.41. The van der Waals surface area contributed by atoms with Gasteiger partial charge in [0.2, 0.25) is 5.16 Å². The highest BCUT2D eigenvalue weighted by Crippen LogP contribution is 2.33. The van der Waals surface area contributed by atoms with Crippen molar-refractivity contribution < 1.29 is 14.5 Å². The Labute approximate surface area is 193 Å². The van der Waals surface area contributed by atoms with Crippen LogP contribution in [0.3, 0.4) is 0 Å². The Kier molecular flexibility index (Phi) is 5.51. The van der Waals surface area contributed by atoms with E-state index in [-0.39, 0.29) is 17.4 Å². The number of non-ortho nitro benzene ring substituents is 1. The minimum atomic E-state index is -0.413. The SMILES string of the molecule is COc1ccc(C2CC(=O)c3cnc4nc(SCc5cccc([N+](=O)[O-])c5)nn4c3C2)cc1. The average molecular weight is 462 g/mol. The van der Waals surface area contributed by atoms with E-state index in [1.807, 2.05) is 30.3 Å². The lowest BCUT2D eigenvalue weighted by Gasteiger charge is -2.24. The molecule has 10 heteroatoms. The number of ether oxygens (including phenoxy) is 1. The fraction of sp³-hybridized carbons (Fsp3) is 0.217. The predicted molar refractivity (Wildman–Crippen MR) is 122 cm³/mol. The number of carbonyl (C=O) groups is 1. The van der Waals surface area contributed by atoms with Crippen LogP contribution in [-0.4, -0.2) is 37.4 Å². The molecule has 166 valence electrons. The Morgan fingerprint density at radius 3 is 2.79 bits per heavy atom. The lowest BCUT2D eigenvalue weighted by atomic mass is 9.82. The standard InChI is InChI=1S/C23H19N5O4S/c1-32-18-7-5-15(6-8-18)16-10-20-19(21(29)11-16)12-24-22-25-23(26-27(20)22)33-13-14-3-2-4-17(9-14)28(30)31/h2-9,12,16H,10-11,13H2,1H3. The van der Waals surface area contributed by atoms with Gasteiger partial charge in [-0.05, 0) is 35.6 Å². The van der Waals surface area contributed by atoms with E-state index < -0.39 is 4.92 Å². The monoisotopic (exact) mass is 461 g/mol. The van der Waals surface area contributed by atoms with Gasteiger partial charge >= 0.3 is 0 Å². The predicted octanol–water partition coefficient (Wildman–Crippen LogP) is 4.25. The number of hydrogen-bond donors (Lipinski definition) is 0. The first kappa shape index (κ1) is 21.1. The molecule has 1 unspecified atom stereocenters. The van der Waals surface area contributed by atoms with Crippen LogP contribution in [0.4, 0.5) is 5.69 Å². The van der Waals surface area contributed by atoms with Gasteiger partial charge in [-0.1, -0.05) is 36.0 Å². The van der Waals surface area contributed by atoms with Crippen molar-refractivity contribution in [3.63, 3.8) is 0 Å². The number of nitro benzene ring substituents is 1. The molecule has 1 aliphatic rings. The van der Waals surface area contributed by atoms with Crippen LogP contribution in [-0.2, 0) is 12.2 Å². The fourth-order valence-corrected chi connectivity index (χ4v) is 4.77. The summed E-state index contributed by atoms with van der Waals surface area (Å²) < 4.78 is 6.89. The number of aromatic nitrogens is 4. The maximum Gasteiger partial charge on any atom is 0.269 e. The van der Waals surface area contributed by atoms with Crippen molar-refractivity contribution in [3.05, 3.63) is 87.2 Å². The van der Waals surface area contributed by atoms with Gasteiger partial charge in [-0.3, -0.25) is 14.9 Å². The molecule has 0 radical (unpaired) electrons. The van der Waals surface area contributed by atoms with Crippen LogP contribution in [0.5, 0.6) is 5.75 Å². The van der Waals surface area contributed by atoms with Crippen molar-refractivity contribution >= 4 is 29.0 Å². The highest BCUT2D eigenvalue weighted by atomic mass is 32.2. The number of nitro groups is 1. The molecule has 0 aliphatic heterocycles. The third-order valence-electron chi connectivity index (χ3n) is 5.69. The van der Waals surface area contributed by atoms with E-state index in [0.29, 0.717) is 35.1 Å². The molecule has 9 nitrogen and oxygen atoms in total. The molecule has 5 rings (SSSR count). The minimum Gasteiger partial charge on any atom is -0.497 e. The summed E-state index contributed by atoms with van der Waals surface area (Å²) in [6.45, 7) is 0. The van der Waals surface area contributed by atoms with Gasteiger partial charge in [-0.15, -0.1) is 5.10 Å². The largest absolute Gasteiger partial charge is 0.497 e. The Morgan fingerprint density at radius 1 is 1.21 bits per heavy atom. The second-order valence-corrected chi connectivity index (χ2v) is 8.68. The zero-order chi connectivity index (χ0) is 22.9. The number of rotatable bonds is 6. The molecule has 0 spiro atoms. The van der Waals surface area contributed by atoms with Crippen LogP contribution < -0.4 is 4.74 Å². The second-order valence-electron chi connectivity index (χ2n) is 7.74. The number of Topliss-reactive ketones (excluding diaryl/α,β-unsaturated/α-hetero) is 1. The molecule has 0 saturated carbocycles. The van der Waals surface area contributed by atoms with Gasteiger partial charge in [0.1, 0.15) is 5.75 Å². The van der Waals surface area contributed by atoms with Gasteiger partial charge in [0.05, 0.1) is 23.3 Å². The van der Waals surface area contributed by atoms with Crippen LogP contribution in [0, 0.1) is 10.1 Å². The van der Waals surface area contributed by atoms with E-state index in [4.69, 9.17) is 4.74 Å². The van der Waals surface area contributed by atoms with E-state index in [1.165, 1.54) is 17.8 Å². The molecular weight excluding hydrogens is 442 g/mol. The van der Waals surface area contributed by atoms with Gasteiger partial charge in [-0.2, -0.15) is 9.50 Å². The van der Waals surface area contributed by atoms with Crippen LogP contribution in [0.15, 0.2) is 59.9 Å². The van der Waals surface area contributed by atoms with Crippen LogP contribution >= 0.6 is 11.8 Å². The molecule has 4 aromatic rings. The van der Waals surface area contributed by atoms with E-state index in [0.717, 1.165) is 22.6 Å². The van der Waals surface area contributed by atoms with Gasteiger partial charge in [-0.25, -0.2) is 4.98 Å². The highest BCUT2D eigenvalue weighted by molar-refractivity contribution is 7.98. The van der Waals surface area contributed by atoms with Gasteiger partial charge in [0.15, 0.2) is 5.78 Å². The lowest BCUT2D eigenvalue weighted by molar-refractivity contribution is -0.384. The molecule has 2 aromatic carbocycles. The number of fused-ring (bicyclic) bond motifs is 3. The maximum absolute atomic E-state index is 12.9. The summed E-state index contributed by atoms with van der Waals surface area (Å²) >= 11 is 1.37. The number of nitrogens with zero attached hydrogens (tertiary/aromatic N) is 5. The van der Waals surface area contributed by atoms with Gasteiger partial charge in [0.25, 0.3) is 11.5 Å². The molecule has 33 heavy (non-hydrogen) atoms. The number of thioether (sulfide) groups is 1. The molecule has 0 N–H and O–H groups in total. The normalized spacial score (nSPS) is 15.4. The van der Waals surface area contributed by atoms with E-state index in [2.05, 4.69) is 15.1 Å². The Hall–Kier alpha value is -3.79. The molecule has 0 amide bonds. The summed E-state index contributed by atoms with van der Waals surface area (Å²) in [6.07, 6.45) is 2.64. The zero-order valence-corrected chi connectivity index (χ0v) is 18.5. The number of methoxy groups -OCH3 is 1. The third kappa shape index (κ3) is 4.17. The number of benzene rings is 2. The highest BCUT2D eigenvalue weighted by Gasteiger charge is 2.29. The lowest BCUT2D eigenvalue weighted by Crippen LogP contribution is -2.22. The van der Waals surface area contributed by atoms with Crippen molar-refractivity contribution in [3.8, 4) is 5.75 Å². The average Bonchev–Trinajstić information content (AvgIpc) is 3.26. The van der Waals surface area contributed by atoms with E-state index in [1.54, 1.807) is 30.0 Å². The summed E-state index contributed by atoms with van der Waals surface area (Å²) in [5.74, 6) is 1.75. The van der Waals surface area contributed by atoms with Crippen molar-refractivity contribution in [1.29, 1.82) is 0 Å². The smallest absolute Gasteiger partial charge is 0.269 e. The number of hydrogen-bond acceptors (Lipinski definition) is 8. The van der Waals surface area contributed by atoms with E-state index >= 15 is 0 Å². The maximum atomic E-state index is 12.9. The second kappa shape index (κ2) is 8.62. The number of carbonyl (C=O) groups excluding carboxylic acids is 1. The van der Waals surface area contributed by atoms with E-state index in [9.17, 15) is 14.9 Å². The molecule has 1 aliphatic carbocycles. The van der Waals surface area contributed by atoms with Crippen molar-refractivity contribution in [2.24, 2.45) is 0 Å². The quantitative estimate of drug-likeness (QED) is 0.238. The van der Waals surface area contributed by atoms with Crippen LogP contribution in [0.1, 0.15) is 39.5 Å². The number of ketones is 1. The van der Waals surface area contributed by atoms with Crippen LogP contribution in [0.2, 0.25) is 0 Å². The van der Waals surface area contributed by atoms with Gasteiger partial charge in [0, 0.05) is 30.5 Å². The van der Waals surface area contributed by atoms with Crippen molar-refractivity contribution in [2.45, 2.75) is 29.7 Å². The molecule has 0 saturated heterocycles. The summed E-state index contributed by atoms with van der Waals surface area (Å²) in [7, 11) is 1.62. The topological polar surface area (TPSA) is 113 Å². The summed E-state index contributed by atoms with van der Waals surface area (Å²) in [5, 5.41) is 16.1. The Morgan fingerprint density at radius 2 is 2.03 bits per heavy atom. The first-order chi connectivity index (χ1) is 16.0. The van der Waals surface area contributed by atoms with Crippen molar-refractivity contribution in [1.82, 2.24) is 19.6 Å². The molecular formula is C23H19N5O4S. The summed E-state index contributed by atoms with van der Waals surface area (Å²) in [6, 6.07) is 14.3. The first-order valence-corrected chi connectivity index (χ1v) is 11.3. The van der Waals surface area contributed by atoms with Crippen LogP contribution in [0.25, 0.3) is 5.78 Å². The van der Waals surface area contributed by atoms with Crippen molar-refractivity contribution in [2.75, 3.05) is 7.11 Å². The third-order valence-corrected chi connectivity index (χ3v) is 6.60. The van der Waals surface area contributed by atoms with Gasteiger partial charge < -0.3 is 4.74 Å². The zero-order valence-electron chi connectivity index (χ0n) is 17.7. The molecule has 1 atom stereocenters. The molecule has 0 fully saturated rings. The molecule has 2 aromatic heterocycles.